The molecule has 0 bridgehead atoms. The lowest BCUT2D eigenvalue weighted by Crippen LogP contribution is -2.11. The van der Waals surface area contributed by atoms with Crippen LogP contribution in [0.25, 0.3) is 0 Å². The third-order valence-corrected chi connectivity index (χ3v) is 1.25. The van der Waals surface area contributed by atoms with Crippen LogP contribution in [0.2, 0.25) is 0 Å². The molecule has 0 heterocycles. The van der Waals surface area contributed by atoms with Gasteiger partial charge in [-0.05, 0) is 26.3 Å². The van der Waals surface area contributed by atoms with Gasteiger partial charge in [0.05, 0.1) is 0 Å². The van der Waals surface area contributed by atoms with Crippen LogP contribution in [0.5, 0.6) is 0 Å². The molecule has 0 saturated carbocycles. The van der Waals surface area contributed by atoms with Gasteiger partial charge in [0.15, 0.2) is 0 Å². The summed E-state index contributed by atoms with van der Waals surface area (Å²) >= 11 is 0. The summed E-state index contributed by atoms with van der Waals surface area (Å²) in [5.41, 5.74) is 2.09. The van der Waals surface area contributed by atoms with Crippen LogP contribution >= 0.6 is 0 Å². The van der Waals surface area contributed by atoms with E-state index in [0.29, 0.717) is 0 Å². The van der Waals surface area contributed by atoms with E-state index in [2.05, 4.69) is 5.32 Å². The second kappa shape index (κ2) is 4.13. The van der Waals surface area contributed by atoms with Crippen molar-refractivity contribution in [1.82, 2.24) is 5.32 Å². The van der Waals surface area contributed by atoms with E-state index in [1.807, 2.05) is 20.8 Å². The molecule has 0 saturated heterocycles. The molecule has 0 aliphatic heterocycles. The molecule has 0 amide bonds. The van der Waals surface area contributed by atoms with Crippen LogP contribution in [0.15, 0.2) is 11.3 Å². The highest BCUT2D eigenvalue weighted by atomic mass is 14.9. The summed E-state index contributed by atoms with van der Waals surface area (Å²) in [6.07, 6.45) is 1.36. The maximum Gasteiger partial charge on any atom is 0.0224 e. The monoisotopic (exact) mass is 126 g/mol. The van der Waals surface area contributed by atoms with Crippen LogP contribution in [0.3, 0.4) is 0 Å². The van der Waals surface area contributed by atoms with Crippen LogP contribution < -0.4 is 5.32 Å². The molecule has 0 atom stereocenters. The fourth-order valence-corrected chi connectivity index (χ4v) is 0.513. The van der Waals surface area contributed by atoms with Crippen molar-refractivity contribution in [2.45, 2.75) is 20.8 Å². The van der Waals surface area contributed by atoms with Gasteiger partial charge in [0, 0.05) is 18.5 Å². The van der Waals surface area contributed by atoms with E-state index >= 15 is 0 Å². The van der Waals surface area contributed by atoms with Gasteiger partial charge in [-0.15, -0.1) is 0 Å². The lowest BCUT2D eigenvalue weighted by molar-refractivity contribution is 0.847. The topological polar surface area (TPSA) is 35.9 Å². The Morgan fingerprint density at radius 2 is 2.11 bits per heavy atom. The number of nitrogens with one attached hydrogen (secondary N) is 2. The summed E-state index contributed by atoms with van der Waals surface area (Å²) in [4.78, 5) is 0. The van der Waals surface area contributed by atoms with Crippen molar-refractivity contribution in [1.29, 1.82) is 5.41 Å². The average Bonchev–Trinajstić information content (AvgIpc) is 1.87. The summed E-state index contributed by atoms with van der Waals surface area (Å²) in [5, 5.41) is 10.0. The van der Waals surface area contributed by atoms with E-state index in [1.165, 1.54) is 6.21 Å². The van der Waals surface area contributed by atoms with E-state index in [0.717, 1.165) is 17.8 Å². The summed E-state index contributed by atoms with van der Waals surface area (Å²) < 4.78 is 0. The number of hydrogen-bond acceptors (Lipinski definition) is 2. The van der Waals surface area contributed by atoms with Crippen molar-refractivity contribution >= 4 is 6.21 Å². The van der Waals surface area contributed by atoms with Crippen LogP contribution in [-0.4, -0.2) is 12.8 Å². The molecule has 0 unspecified atom stereocenters. The first kappa shape index (κ1) is 8.21. The Hall–Kier alpha value is -0.790. The largest absolute Gasteiger partial charge is 0.389 e. The molecule has 0 aromatic heterocycles. The third-order valence-electron chi connectivity index (χ3n) is 1.25. The van der Waals surface area contributed by atoms with Gasteiger partial charge in [-0.2, -0.15) is 0 Å². The zero-order chi connectivity index (χ0) is 7.28. The SMILES string of the molecule is CCN/C(C)=C(/C)C=N. The lowest BCUT2D eigenvalue weighted by atomic mass is 10.2. The van der Waals surface area contributed by atoms with E-state index in [1.54, 1.807) is 0 Å². The number of hydrogen-bond donors (Lipinski definition) is 2. The molecule has 9 heavy (non-hydrogen) atoms. The second-order valence-electron chi connectivity index (χ2n) is 1.98. The van der Waals surface area contributed by atoms with Gasteiger partial charge in [0.1, 0.15) is 0 Å². The highest BCUT2D eigenvalue weighted by molar-refractivity contribution is 5.75. The quantitative estimate of drug-likeness (QED) is 0.553. The molecule has 0 radical (unpaired) electrons. The van der Waals surface area contributed by atoms with Gasteiger partial charge >= 0.3 is 0 Å². The van der Waals surface area contributed by atoms with Crippen molar-refractivity contribution in [3.8, 4) is 0 Å². The molecule has 0 aromatic rings. The summed E-state index contributed by atoms with van der Waals surface area (Å²) in [7, 11) is 0. The minimum Gasteiger partial charge on any atom is -0.389 e. The highest BCUT2D eigenvalue weighted by Gasteiger charge is 1.88. The predicted octanol–water partition coefficient (Wildman–Crippen LogP) is 1.54. The van der Waals surface area contributed by atoms with Gasteiger partial charge in [-0.3, -0.25) is 0 Å². The highest BCUT2D eigenvalue weighted by Crippen LogP contribution is 1.93. The Bertz CT molecular complexity index is 125. The summed E-state index contributed by atoms with van der Waals surface area (Å²) in [6.45, 7) is 6.87. The molecule has 2 heteroatoms. The molecule has 0 aliphatic carbocycles. The van der Waals surface area contributed by atoms with E-state index in [9.17, 15) is 0 Å². The molecule has 0 spiro atoms. The molecule has 0 fully saturated rings. The molecule has 52 valence electrons. The molecule has 0 rings (SSSR count). The minimum absolute atomic E-state index is 0.928. The summed E-state index contributed by atoms with van der Waals surface area (Å²) in [5.74, 6) is 0. The smallest absolute Gasteiger partial charge is 0.0224 e. The van der Waals surface area contributed by atoms with Crippen LogP contribution in [0.1, 0.15) is 20.8 Å². The zero-order valence-electron chi connectivity index (χ0n) is 6.28. The van der Waals surface area contributed by atoms with E-state index in [-0.39, 0.29) is 0 Å². The Morgan fingerprint density at radius 1 is 1.56 bits per heavy atom. The molecule has 2 N–H and O–H groups in total. The summed E-state index contributed by atoms with van der Waals surface area (Å²) in [6, 6.07) is 0. The Labute approximate surface area is 56.5 Å². The standard InChI is InChI=1S/C7H14N2/c1-4-9-7(3)6(2)5-8/h5,8-9H,4H2,1-3H3/b7-6-,8-5?. The van der Waals surface area contributed by atoms with Gasteiger partial charge in [0.2, 0.25) is 0 Å². The van der Waals surface area contributed by atoms with Crippen molar-refractivity contribution in [2.24, 2.45) is 0 Å². The van der Waals surface area contributed by atoms with E-state index < -0.39 is 0 Å². The van der Waals surface area contributed by atoms with Crippen molar-refractivity contribution in [2.75, 3.05) is 6.54 Å². The fourth-order valence-electron chi connectivity index (χ4n) is 0.513. The van der Waals surface area contributed by atoms with Crippen LogP contribution in [0.4, 0.5) is 0 Å². The Kier molecular flexibility index (Phi) is 3.76. The zero-order valence-corrected chi connectivity index (χ0v) is 6.28. The van der Waals surface area contributed by atoms with Gasteiger partial charge in [-0.25, -0.2) is 0 Å². The van der Waals surface area contributed by atoms with Crippen LogP contribution in [-0.2, 0) is 0 Å². The van der Waals surface area contributed by atoms with Gasteiger partial charge < -0.3 is 10.7 Å². The third kappa shape index (κ3) is 2.90. The van der Waals surface area contributed by atoms with Gasteiger partial charge in [0.25, 0.3) is 0 Å². The second-order valence-corrected chi connectivity index (χ2v) is 1.98. The van der Waals surface area contributed by atoms with Gasteiger partial charge in [-0.1, -0.05) is 0 Å². The molecule has 0 aromatic carbocycles. The maximum absolute atomic E-state index is 6.89. The molecule has 2 nitrogen and oxygen atoms in total. The van der Waals surface area contributed by atoms with E-state index in [4.69, 9.17) is 5.41 Å². The first-order valence-electron chi connectivity index (χ1n) is 3.14. The number of rotatable bonds is 3. The molecule has 0 aliphatic rings. The molecular formula is C7H14N2. The fraction of sp³-hybridized carbons (Fsp3) is 0.571. The molecular weight excluding hydrogens is 112 g/mol. The predicted molar refractivity (Wildman–Crippen MR) is 40.8 cm³/mol. The maximum atomic E-state index is 6.89. The average molecular weight is 126 g/mol. The Balaban J connectivity index is 3.93. The lowest BCUT2D eigenvalue weighted by Gasteiger charge is -2.03. The first-order chi connectivity index (χ1) is 4.22. The first-order valence-corrected chi connectivity index (χ1v) is 3.14. The normalized spacial score (nSPS) is 12.3. The number of allylic oxidation sites excluding steroid dienone is 2. The van der Waals surface area contributed by atoms with Crippen molar-refractivity contribution in [3.05, 3.63) is 11.3 Å². The Morgan fingerprint density at radius 3 is 2.44 bits per heavy atom. The van der Waals surface area contributed by atoms with Crippen LogP contribution in [0, 0.1) is 5.41 Å². The van der Waals surface area contributed by atoms with Crippen molar-refractivity contribution in [3.63, 3.8) is 0 Å². The van der Waals surface area contributed by atoms with Crippen molar-refractivity contribution < 1.29 is 0 Å². The minimum atomic E-state index is 0.928.